The van der Waals surface area contributed by atoms with Gasteiger partial charge >= 0.3 is 0 Å². The summed E-state index contributed by atoms with van der Waals surface area (Å²) >= 11 is 1.47. The smallest absolute Gasteiger partial charge is 0.230 e. The topological polar surface area (TPSA) is 66.8 Å². The van der Waals surface area contributed by atoms with Crippen LogP contribution in [0.3, 0.4) is 0 Å². The van der Waals surface area contributed by atoms with E-state index in [4.69, 9.17) is 4.42 Å². The van der Waals surface area contributed by atoms with Crippen molar-refractivity contribution in [3.05, 3.63) is 35.4 Å². The van der Waals surface area contributed by atoms with E-state index in [2.05, 4.69) is 22.0 Å². The second-order valence-electron chi connectivity index (χ2n) is 6.12. The molecular weight excluding hydrogens is 312 g/mol. The highest BCUT2D eigenvalue weighted by Gasteiger charge is 2.33. The van der Waals surface area contributed by atoms with E-state index < -0.39 is 0 Å². The monoisotopic (exact) mass is 332 g/mol. The average molecular weight is 332 g/mol. The molecule has 3 aromatic heterocycles. The molecule has 1 aliphatic rings. The van der Waals surface area contributed by atoms with Gasteiger partial charge in [0, 0.05) is 6.04 Å². The Morgan fingerprint density at radius 2 is 2.22 bits per heavy atom. The van der Waals surface area contributed by atoms with E-state index in [9.17, 15) is 5.11 Å². The Bertz CT molecular complexity index is 773. The Balaban J connectivity index is 1.76. The van der Waals surface area contributed by atoms with Gasteiger partial charge in [0.1, 0.15) is 18.1 Å². The van der Waals surface area contributed by atoms with Crippen molar-refractivity contribution in [1.82, 2.24) is 19.5 Å². The molecule has 0 amide bonds. The number of hydrogen-bond donors (Lipinski definition) is 1. The van der Waals surface area contributed by atoms with E-state index in [0.717, 1.165) is 10.6 Å². The lowest BCUT2D eigenvalue weighted by Gasteiger charge is -2.35. The van der Waals surface area contributed by atoms with Crippen LogP contribution in [0.5, 0.6) is 5.88 Å². The number of aromatic nitrogens is 3. The van der Waals surface area contributed by atoms with Crippen LogP contribution < -0.4 is 0 Å². The highest BCUT2D eigenvalue weighted by atomic mass is 32.1. The standard InChI is InChI=1S/C16H20N4O2S/c1-19(11-6-3-2-4-7-11)13(12-8-5-9-22-12)14-15(21)20-16(23-14)17-10-18-20/h5,8-11,13,21H,2-4,6-7H2,1H3. The predicted octanol–water partition coefficient (Wildman–Crippen LogP) is 3.44. The molecule has 7 heteroatoms. The van der Waals surface area contributed by atoms with Crippen molar-refractivity contribution in [2.24, 2.45) is 0 Å². The lowest BCUT2D eigenvalue weighted by atomic mass is 9.93. The summed E-state index contributed by atoms with van der Waals surface area (Å²) in [6.45, 7) is 0. The van der Waals surface area contributed by atoms with Crippen LogP contribution in [0.4, 0.5) is 0 Å². The molecule has 0 aliphatic heterocycles. The number of hydrogen-bond acceptors (Lipinski definition) is 6. The maximum Gasteiger partial charge on any atom is 0.230 e. The van der Waals surface area contributed by atoms with Crippen molar-refractivity contribution in [2.75, 3.05) is 7.05 Å². The van der Waals surface area contributed by atoms with Gasteiger partial charge in [-0.3, -0.25) is 4.90 Å². The minimum absolute atomic E-state index is 0.110. The molecule has 1 N–H and O–H groups in total. The first-order valence-electron chi connectivity index (χ1n) is 8.02. The summed E-state index contributed by atoms with van der Waals surface area (Å²) in [5.74, 6) is 1.00. The van der Waals surface area contributed by atoms with Crippen molar-refractivity contribution in [3.63, 3.8) is 0 Å². The van der Waals surface area contributed by atoms with Gasteiger partial charge in [0.15, 0.2) is 0 Å². The normalized spacial score (nSPS) is 18.0. The summed E-state index contributed by atoms with van der Waals surface area (Å²) < 4.78 is 7.18. The van der Waals surface area contributed by atoms with Gasteiger partial charge < -0.3 is 9.52 Å². The van der Waals surface area contributed by atoms with Gasteiger partial charge in [-0.2, -0.15) is 9.61 Å². The highest BCUT2D eigenvalue weighted by Crippen LogP contribution is 2.41. The van der Waals surface area contributed by atoms with Gasteiger partial charge in [-0.05, 0) is 32.0 Å². The Morgan fingerprint density at radius 3 is 2.91 bits per heavy atom. The molecule has 1 unspecified atom stereocenters. The number of nitrogens with zero attached hydrogens (tertiary/aromatic N) is 4. The molecule has 122 valence electrons. The van der Waals surface area contributed by atoms with Crippen LogP contribution in [0.1, 0.15) is 48.8 Å². The average Bonchev–Trinajstić information content (AvgIpc) is 3.30. The minimum atomic E-state index is -0.110. The first-order valence-corrected chi connectivity index (χ1v) is 8.84. The van der Waals surface area contributed by atoms with Crippen LogP contribution in [0, 0.1) is 0 Å². The summed E-state index contributed by atoms with van der Waals surface area (Å²) in [4.78, 5) is 8.07. The van der Waals surface area contributed by atoms with Crippen molar-refractivity contribution in [2.45, 2.75) is 44.2 Å². The third-order valence-corrected chi connectivity index (χ3v) is 5.84. The molecule has 0 spiro atoms. The van der Waals surface area contributed by atoms with Crippen LogP contribution in [0.2, 0.25) is 0 Å². The molecule has 4 rings (SSSR count). The molecule has 0 radical (unpaired) electrons. The molecule has 1 saturated carbocycles. The van der Waals surface area contributed by atoms with Crippen LogP contribution in [-0.2, 0) is 0 Å². The lowest BCUT2D eigenvalue weighted by molar-refractivity contribution is 0.143. The van der Waals surface area contributed by atoms with Gasteiger partial charge in [-0.25, -0.2) is 4.98 Å². The second kappa shape index (κ2) is 5.98. The van der Waals surface area contributed by atoms with E-state index in [1.54, 1.807) is 6.26 Å². The minimum Gasteiger partial charge on any atom is -0.492 e. The number of furan rings is 1. The maximum atomic E-state index is 10.6. The van der Waals surface area contributed by atoms with Crippen molar-refractivity contribution >= 4 is 16.3 Å². The van der Waals surface area contributed by atoms with Crippen molar-refractivity contribution in [1.29, 1.82) is 0 Å². The van der Waals surface area contributed by atoms with Crippen LogP contribution in [-0.4, -0.2) is 37.7 Å². The lowest BCUT2D eigenvalue weighted by Crippen LogP contribution is -2.36. The molecule has 3 aromatic rings. The number of fused-ring (bicyclic) bond motifs is 1. The van der Waals surface area contributed by atoms with Crippen LogP contribution in [0.25, 0.3) is 4.96 Å². The zero-order valence-corrected chi connectivity index (χ0v) is 13.9. The molecule has 6 nitrogen and oxygen atoms in total. The van der Waals surface area contributed by atoms with E-state index in [1.807, 2.05) is 12.1 Å². The molecule has 0 aromatic carbocycles. The molecule has 0 bridgehead atoms. The van der Waals surface area contributed by atoms with Crippen molar-refractivity contribution < 1.29 is 9.52 Å². The van der Waals surface area contributed by atoms with Crippen LogP contribution >= 0.6 is 11.3 Å². The number of thiazole rings is 1. The molecule has 3 heterocycles. The Labute approximate surface area is 138 Å². The molecule has 23 heavy (non-hydrogen) atoms. The summed E-state index contributed by atoms with van der Waals surface area (Å²) in [5.41, 5.74) is 0. The van der Waals surface area contributed by atoms with E-state index in [-0.39, 0.29) is 11.9 Å². The van der Waals surface area contributed by atoms with Gasteiger partial charge in [-0.1, -0.05) is 30.6 Å². The van der Waals surface area contributed by atoms with Gasteiger partial charge in [0.05, 0.1) is 11.1 Å². The zero-order chi connectivity index (χ0) is 15.8. The van der Waals surface area contributed by atoms with E-state index in [1.165, 1.54) is 54.3 Å². The van der Waals surface area contributed by atoms with Crippen molar-refractivity contribution in [3.8, 4) is 5.88 Å². The fraction of sp³-hybridized carbons (Fsp3) is 0.500. The number of aromatic hydroxyl groups is 1. The molecule has 1 aliphatic carbocycles. The SMILES string of the molecule is CN(C1CCCCC1)C(c1ccco1)c1sc2ncnn2c1O. The molecule has 1 atom stereocenters. The first kappa shape index (κ1) is 14.7. The first-order chi connectivity index (χ1) is 11.3. The largest absolute Gasteiger partial charge is 0.492 e. The molecule has 1 fully saturated rings. The van der Waals surface area contributed by atoms with Crippen LogP contribution in [0.15, 0.2) is 29.1 Å². The number of rotatable bonds is 4. The van der Waals surface area contributed by atoms with E-state index >= 15 is 0 Å². The summed E-state index contributed by atoms with van der Waals surface area (Å²) in [6.07, 6.45) is 9.37. The molecular formula is C16H20N4O2S. The highest BCUT2D eigenvalue weighted by molar-refractivity contribution is 7.17. The Hall–Kier alpha value is -1.86. The van der Waals surface area contributed by atoms with Gasteiger partial charge in [0.25, 0.3) is 0 Å². The fourth-order valence-electron chi connectivity index (χ4n) is 3.53. The van der Waals surface area contributed by atoms with E-state index in [0.29, 0.717) is 11.0 Å². The third kappa shape index (κ3) is 2.53. The zero-order valence-electron chi connectivity index (χ0n) is 13.1. The second-order valence-corrected chi connectivity index (χ2v) is 7.13. The van der Waals surface area contributed by atoms with Gasteiger partial charge in [-0.15, -0.1) is 0 Å². The summed E-state index contributed by atoms with van der Waals surface area (Å²) in [7, 11) is 2.12. The van der Waals surface area contributed by atoms with Gasteiger partial charge in [0.2, 0.25) is 10.8 Å². The maximum absolute atomic E-state index is 10.6. The molecule has 0 saturated heterocycles. The summed E-state index contributed by atoms with van der Waals surface area (Å²) in [6, 6.07) is 4.26. The Kier molecular flexibility index (Phi) is 3.82. The fourth-order valence-corrected chi connectivity index (χ4v) is 4.62. The Morgan fingerprint density at radius 1 is 1.39 bits per heavy atom. The predicted molar refractivity (Wildman–Crippen MR) is 87.7 cm³/mol. The summed E-state index contributed by atoms with van der Waals surface area (Å²) in [5, 5.41) is 14.7. The quantitative estimate of drug-likeness (QED) is 0.793. The third-order valence-electron chi connectivity index (χ3n) is 4.76.